The van der Waals surface area contributed by atoms with E-state index in [2.05, 4.69) is 10.6 Å². The molecule has 2 amide bonds. The van der Waals surface area contributed by atoms with Crippen LogP contribution in [0.15, 0.2) is 24.3 Å². The lowest BCUT2D eigenvalue weighted by molar-refractivity contribution is 0.236. The first kappa shape index (κ1) is 11.8. The Hall–Kier alpha value is -1.71. The molecule has 1 aliphatic carbocycles. The monoisotopic (exact) mass is 233 g/mol. The van der Waals surface area contributed by atoms with Gasteiger partial charge in [0, 0.05) is 18.3 Å². The van der Waals surface area contributed by atoms with E-state index in [1.807, 2.05) is 24.3 Å². The highest BCUT2D eigenvalue weighted by Gasteiger charge is 2.16. The largest absolute Gasteiger partial charge is 0.399 e. The average Bonchev–Trinajstić information content (AvgIpc) is 2.79. The quantitative estimate of drug-likeness (QED) is 0.699. The molecule has 92 valence electrons. The van der Waals surface area contributed by atoms with E-state index in [4.69, 9.17) is 5.73 Å². The first-order valence-electron chi connectivity index (χ1n) is 6.13. The van der Waals surface area contributed by atoms with E-state index in [0.717, 1.165) is 24.1 Å². The standard InChI is InChI=1S/C13H19N3O/c14-11-5-3-4-10(8-11)9-15-13(17)16-12-6-1-2-7-12/h3-5,8,12H,1-2,6-7,9,14H2,(H2,15,16,17). The fraction of sp³-hybridized carbons (Fsp3) is 0.462. The number of amides is 2. The second-order valence-electron chi connectivity index (χ2n) is 4.55. The summed E-state index contributed by atoms with van der Waals surface area (Å²) < 4.78 is 0. The van der Waals surface area contributed by atoms with Gasteiger partial charge in [0.05, 0.1) is 0 Å². The summed E-state index contributed by atoms with van der Waals surface area (Å²) in [5, 5.41) is 5.83. The van der Waals surface area contributed by atoms with Gasteiger partial charge < -0.3 is 16.4 Å². The molecule has 0 radical (unpaired) electrons. The van der Waals surface area contributed by atoms with Crippen LogP contribution in [0.3, 0.4) is 0 Å². The maximum atomic E-state index is 11.6. The Labute approximate surface area is 102 Å². The van der Waals surface area contributed by atoms with E-state index in [1.54, 1.807) is 0 Å². The summed E-state index contributed by atoms with van der Waals surface area (Å²) in [6.07, 6.45) is 4.65. The molecule has 0 spiro atoms. The van der Waals surface area contributed by atoms with Crippen molar-refractivity contribution in [3.8, 4) is 0 Å². The smallest absolute Gasteiger partial charge is 0.315 e. The number of nitrogens with two attached hydrogens (primary N) is 1. The van der Waals surface area contributed by atoms with Gasteiger partial charge in [-0.15, -0.1) is 0 Å². The zero-order valence-electron chi connectivity index (χ0n) is 9.91. The van der Waals surface area contributed by atoms with Crippen LogP contribution in [0.1, 0.15) is 31.2 Å². The maximum absolute atomic E-state index is 11.6. The van der Waals surface area contributed by atoms with Gasteiger partial charge in [-0.3, -0.25) is 0 Å². The van der Waals surface area contributed by atoms with Gasteiger partial charge in [-0.25, -0.2) is 4.79 Å². The predicted molar refractivity (Wildman–Crippen MR) is 68.5 cm³/mol. The van der Waals surface area contributed by atoms with Crippen LogP contribution in [0.25, 0.3) is 0 Å². The number of carbonyl (C=O) groups is 1. The van der Waals surface area contributed by atoms with Crippen LogP contribution >= 0.6 is 0 Å². The molecule has 17 heavy (non-hydrogen) atoms. The second-order valence-corrected chi connectivity index (χ2v) is 4.55. The highest BCUT2D eigenvalue weighted by molar-refractivity contribution is 5.74. The summed E-state index contributed by atoms with van der Waals surface area (Å²) >= 11 is 0. The Morgan fingerprint density at radius 1 is 1.35 bits per heavy atom. The number of rotatable bonds is 3. The summed E-state index contributed by atoms with van der Waals surface area (Å²) in [7, 11) is 0. The molecule has 4 N–H and O–H groups in total. The van der Waals surface area contributed by atoms with Crippen LogP contribution < -0.4 is 16.4 Å². The highest BCUT2D eigenvalue weighted by Crippen LogP contribution is 2.17. The Balaban J connectivity index is 1.75. The van der Waals surface area contributed by atoms with E-state index in [9.17, 15) is 4.79 Å². The van der Waals surface area contributed by atoms with Crippen molar-refractivity contribution >= 4 is 11.7 Å². The fourth-order valence-electron chi connectivity index (χ4n) is 2.19. The van der Waals surface area contributed by atoms with Crippen molar-refractivity contribution in [1.29, 1.82) is 0 Å². The molecule has 2 rings (SSSR count). The molecule has 0 aliphatic heterocycles. The summed E-state index contributed by atoms with van der Waals surface area (Å²) in [5.74, 6) is 0. The van der Waals surface area contributed by atoms with Gasteiger partial charge in [-0.05, 0) is 30.5 Å². The van der Waals surface area contributed by atoms with Crippen molar-refractivity contribution in [1.82, 2.24) is 10.6 Å². The number of nitrogen functional groups attached to an aromatic ring is 1. The van der Waals surface area contributed by atoms with Crippen LogP contribution in [0.5, 0.6) is 0 Å². The summed E-state index contributed by atoms with van der Waals surface area (Å²) in [6, 6.07) is 7.82. The molecule has 0 bridgehead atoms. The zero-order valence-corrected chi connectivity index (χ0v) is 9.91. The van der Waals surface area contributed by atoms with Crippen LogP contribution in [0, 0.1) is 0 Å². The third kappa shape index (κ3) is 3.66. The van der Waals surface area contributed by atoms with Crippen molar-refractivity contribution in [3.63, 3.8) is 0 Å². The Morgan fingerprint density at radius 2 is 2.12 bits per heavy atom. The van der Waals surface area contributed by atoms with Crippen LogP contribution in [-0.4, -0.2) is 12.1 Å². The van der Waals surface area contributed by atoms with Gasteiger partial charge in [0.1, 0.15) is 0 Å². The topological polar surface area (TPSA) is 67.1 Å². The number of hydrogen-bond acceptors (Lipinski definition) is 2. The molecule has 1 fully saturated rings. The van der Waals surface area contributed by atoms with E-state index in [1.165, 1.54) is 12.8 Å². The van der Waals surface area contributed by atoms with Crippen LogP contribution in [-0.2, 0) is 6.54 Å². The molecule has 1 saturated carbocycles. The first-order valence-corrected chi connectivity index (χ1v) is 6.13. The van der Waals surface area contributed by atoms with Crippen molar-refractivity contribution in [2.75, 3.05) is 5.73 Å². The number of carbonyl (C=O) groups excluding carboxylic acids is 1. The molecular formula is C13H19N3O. The lowest BCUT2D eigenvalue weighted by atomic mass is 10.2. The molecule has 0 heterocycles. The Bertz CT molecular complexity index is 386. The molecule has 0 aromatic heterocycles. The van der Waals surface area contributed by atoms with E-state index >= 15 is 0 Å². The molecule has 0 saturated heterocycles. The van der Waals surface area contributed by atoms with Crippen LogP contribution in [0.2, 0.25) is 0 Å². The van der Waals surface area contributed by atoms with Gasteiger partial charge >= 0.3 is 6.03 Å². The molecule has 1 aromatic carbocycles. The van der Waals surface area contributed by atoms with Gasteiger partial charge in [-0.1, -0.05) is 25.0 Å². The summed E-state index contributed by atoms with van der Waals surface area (Å²) in [5.41, 5.74) is 7.41. The van der Waals surface area contributed by atoms with Crippen molar-refractivity contribution in [3.05, 3.63) is 29.8 Å². The number of anilines is 1. The maximum Gasteiger partial charge on any atom is 0.315 e. The van der Waals surface area contributed by atoms with Crippen LogP contribution in [0.4, 0.5) is 10.5 Å². The Kier molecular flexibility index (Phi) is 3.85. The minimum atomic E-state index is -0.0840. The number of urea groups is 1. The van der Waals surface area contributed by atoms with E-state index in [0.29, 0.717) is 12.6 Å². The summed E-state index contributed by atoms with van der Waals surface area (Å²) in [6.45, 7) is 0.517. The third-order valence-corrected chi connectivity index (χ3v) is 3.09. The Morgan fingerprint density at radius 3 is 2.82 bits per heavy atom. The summed E-state index contributed by atoms with van der Waals surface area (Å²) in [4.78, 5) is 11.6. The van der Waals surface area contributed by atoms with E-state index in [-0.39, 0.29) is 6.03 Å². The first-order chi connectivity index (χ1) is 8.24. The minimum Gasteiger partial charge on any atom is -0.399 e. The highest BCUT2D eigenvalue weighted by atomic mass is 16.2. The second kappa shape index (κ2) is 5.57. The fourth-order valence-corrected chi connectivity index (χ4v) is 2.19. The number of nitrogens with one attached hydrogen (secondary N) is 2. The van der Waals surface area contributed by atoms with Crippen molar-refractivity contribution in [2.24, 2.45) is 0 Å². The SMILES string of the molecule is Nc1cccc(CNC(=O)NC2CCCC2)c1. The number of hydrogen-bond donors (Lipinski definition) is 3. The molecule has 1 aromatic rings. The lowest BCUT2D eigenvalue weighted by Gasteiger charge is -2.13. The zero-order chi connectivity index (χ0) is 12.1. The molecule has 0 unspecified atom stereocenters. The molecule has 0 atom stereocenters. The lowest BCUT2D eigenvalue weighted by Crippen LogP contribution is -2.40. The molecular weight excluding hydrogens is 214 g/mol. The van der Waals surface area contributed by atoms with Gasteiger partial charge in [0.15, 0.2) is 0 Å². The van der Waals surface area contributed by atoms with Crippen molar-refractivity contribution < 1.29 is 4.79 Å². The van der Waals surface area contributed by atoms with Gasteiger partial charge in [0.2, 0.25) is 0 Å². The third-order valence-electron chi connectivity index (χ3n) is 3.09. The molecule has 4 heteroatoms. The molecule has 4 nitrogen and oxygen atoms in total. The van der Waals surface area contributed by atoms with Gasteiger partial charge in [0.25, 0.3) is 0 Å². The average molecular weight is 233 g/mol. The van der Waals surface area contributed by atoms with Gasteiger partial charge in [-0.2, -0.15) is 0 Å². The van der Waals surface area contributed by atoms with Crippen molar-refractivity contribution in [2.45, 2.75) is 38.3 Å². The number of benzene rings is 1. The predicted octanol–water partition coefficient (Wildman–Crippen LogP) is 2.01. The molecule has 1 aliphatic rings. The van der Waals surface area contributed by atoms with E-state index < -0.39 is 0 Å². The normalized spacial score (nSPS) is 15.8. The minimum absolute atomic E-state index is 0.0840.